The molecule has 0 spiro atoms. The van der Waals surface area contributed by atoms with E-state index in [9.17, 15) is 0 Å². The maximum absolute atomic E-state index is 9.17. The molecule has 2 aliphatic rings. The van der Waals surface area contributed by atoms with Crippen molar-refractivity contribution in [2.24, 2.45) is 0 Å². The molecule has 144 valence electrons. The highest BCUT2D eigenvalue weighted by Gasteiger charge is 2.25. The average molecular weight is 376 g/mol. The number of rotatable bonds is 6. The number of methoxy groups -OCH3 is 1. The van der Waals surface area contributed by atoms with E-state index in [1.165, 1.54) is 16.2 Å². The maximum Gasteiger partial charge on any atom is 0.221 e. The van der Waals surface area contributed by atoms with E-state index in [-0.39, 0.29) is 12.0 Å². The molecule has 2 aromatic carbocycles. The van der Waals surface area contributed by atoms with E-state index in [1.807, 2.05) is 17.3 Å². The molecule has 0 amide bonds. The van der Waals surface area contributed by atoms with Crippen LogP contribution in [-0.4, -0.2) is 23.8 Å². The van der Waals surface area contributed by atoms with Gasteiger partial charge in [-0.05, 0) is 41.7 Å². The van der Waals surface area contributed by atoms with Gasteiger partial charge in [0.05, 0.1) is 7.11 Å². The summed E-state index contributed by atoms with van der Waals surface area (Å²) in [5.41, 5.74) is 6.64. The van der Waals surface area contributed by atoms with Crippen molar-refractivity contribution >= 4 is 0 Å². The van der Waals surface area contributed by atoms with E-state index in [4.69, 9.17) is 14.7 Å². The predicted octanol–water partition coefficient (Wildman–Crippen LogP) is 3.85. The molecule has 1 aliphatic heterocycles. The third-order valence-corrected chi connectivity index (χ3v) is 5.36. The Hall–Kier alpha value is -3.33. The zero-order valence-electron chi connectivity index (χ0n) is 16.1. The van der Waals surface area contributed by atoms with Crippen molar-refractivity contribution in [3.63, 3.8) is 0 Å². The molecule has 2 aromatic rings. The van der Waals surface area contributed by atoms with Crippen molar-refractivity contribution in [1.82, 2.24) is 15.6 Å². The standard InChI is InChI=1S/C22H24N4O2/c1-16(14-25-12-11-24-26(25)15-23)18-8-10-21(27-2)22(13-18)28-20-9-7-17-5-3-4-6-19(17)20/h3-6,8,10-13,16,20,24H,7,9,14H2,1-2H3/t16?,20-/m0/s1. The number of benzene rings is 2. The second-order valence-electron chi connectivity index (χ2n) is 7.13. The highest BCUT2D eigenvalue weighted by atomic mass is 16.5. The average Bonchev–Trinajstić information content (AvgIpc) is 3.34. The minimum absolute atomic E-state index is 0.0513. The minimum Gasteiger partial charge on any atom is -0.493 e. The summed E-state index contributed by atoms with van der Waals surface area (Å²) in [7, 11) is 1.67. The van der Waals surface area contributed by atoms with Crippen molar-refractivity contribution in [1.29, 1.82) is 5.26 Å². The second kappa shape index (κ2) is 7.73. The number of hydrazine groups is 2. The SMILES string of the molecule is COc1ccc(C(C)CN2C=CNN2C#N)cc1O[C@H]1CCc2ccccc21. The van der Waals surface area contributed by atoms with Gasteiger partial charge in [-0.3, -0.25) is 10.4 Å². The van der Waals surface area contributed by atoms with Crippen molar-refractivity contribution in [3.8, 4) is 17.7 Å². The molecule has 0 fully saturated rings. The van der Waals surface area contributed by atoms with Gasteiger partial charge in [0.15, 0.2) is 11.5 Å². The summed E-state index contributed by atoms with van der Waals surface area (Å²) in [5.74, 6) is 1.70. The molecule has 0 saturated carbocycles. The summed E-state index contributed by atoms with van der Waals surface area (Å²) in [6.45, 7) is 2.81. The molecule has 1 N–H and O–H groups in total. The molecule has 6 nitrogen and oxygen atoms in total. The Morgan fingerprint density at radius 2 is 2.11 bits per heavy atom. The molecule has 0 aromatic heterocycles. The van der Waals surface area contributed by atoms with Gasteiger partial charge < -0.3 is 9.47 Å². The fourth-order valence-electron chi connectivity index (χ4n) is 3.83. The van der Waals surface area contributed by atoms with Crippen LogP contribution in [0.1, 0.15) is 42.1 Å². The molecule has 2 atom stereocenters. The molecule has 1 unspecified atom stereocenters. The lowest BCUT2D eigenvalue weighted by Gasteiger charge is -2.26. The van der Waals surface area contributed by atoms with Crippen LogP contribution in [0.4, 0.5) is 0 Å². The van der Waals surface area contributed by atoms with Crippen LogP contribution in [0.2, 0.25) is 0 Å². The number of fused-ring (bicyclic) bond motifs is 1. The fourth-order valence-corrected chi connectivity index (χ4v) is 3.83. The lowest BCUT2D eigenvalue weighted by molar-refractivity contribution is 0.0697. The van der Waals surface area contributed by atoms with Gasteiger partial charge in [0.25, 0.3) is 0 Å². The van der Waals surface area contributed by atoms with Gasteiger partial charge >= 0.3 is 0 Å². The van der Waals surface area contributed by atoms with E-state index < -0.39 is 0 Å². The Morgan fingerprint density at radius 3 is 2.93 bits per heavy atom. The van der Waals surface area contributed by atoms with E-state index in [0.29, 0.717) is 6.54 Å². The summed E-state index contributed by atoms with van der Waals surface area (Å²) < 4.78 is 11.9. The Bertz CT molecular complexity index is 921. The van der Waals surface area contributed by atoms with Crippen LogP contribution in [0.5, 0.6) is 11.5 Å². The van der Waals surface area contributed by atoms with Crippen molar-refractivity contribution in [2.75, 3.05) is 13.7 Å². The molecule has 28 heavy (non-hydrogen) atoms. The number of ether oxygens (including phenoxy) is 2. The van der Waals surface area contributed by atoms with Crippen molar-refractivity contribution in [3.05, 3.63) is 71.6 Å². The smallest absolute Gasteiger partial charge is 0.221 e. The van der Waals surface area contributed by atoms with Crippen LogP contribution < -0.4 is 14.9 Å². The van der Waals surface area contributed by atoms with Gasteiger partial charge in [-0.15, -0.1) is 5.12 Å². The molecule has 6 heteroatoms. The second-order valence-corrected chi connectivity index (χ2v) is 7.13. The number of hydrogen-bond acceptors (Lipinski definition) is 6. The molecular formula is C22H24N4O2. The zero-order chi connectivity index (χ0) is 19.5. The summed E-state index contributed by atoms with van der Waals surface area (Å²) in [6, 6.07) is 14.5. The van der Waals surface area contributed by atoms with Crippen LogP contribution in [0.15, 0.2) is 54.9 Å². The maximum atomic E-state index is 9.17. The molecular weight excluding hydrogens is 352 g/mol. The van der Waals surface area contributed by atoms with Crippen LogP contribution in [-0.2, 0) is 6.42 Å². The molecule has 0 bridgehead atoms. The Morgan fingerprint density at radius 1 is 1.25 bits per heavy atom. The first kappa shape index (κ1) is 18.1. The van der Waals surface area contributed by atoms with Crippen molar-refractivity contribution < 1.29 is 9.47 Å². The van der Waals surface area contributed by atoms with Gasteiger partial charge in [0, 0.05) is 24.9 Å². The number of nitrogens with one attached hydrogen (secondary N) is 1. The number of nitriles is 1. The Kier molecular flexibility index (Phi) is 4.98. The van der Waals surface area contributed by atoms with Gasteiger partial charge in [0.2, 0.25) is 6.19 Å². The lowest BCUT2D eigenvalue weighted by atomic mass is 10.0. The van der Waals surface area contributed by atoms with Gasteiger partial charge in [-0.1, -0.05) is 37.3 Å². The molecule has 1 heterocycles. The monoisotopic (exact) mass is 376 g/mol. The Labute approximate surface area is 165 Å². The van der Waals surface area contributed by atoms with E-state index in [0.717, 1.165) is 29.9 Å². The highest BCUT2D eigenvalue weighted by molar-refractivity contribution is 5.45. The lowest BCUT2D eigenvalue weighted by Crippen LogP contribution is -2.39. The normalized spacial score (nSPS) is 18.4. The van der Waals surface area contributed by atoms with Crippen molar-refractivity contribution in [2.45, 2.75) is 31.8 Å². The number of hydrogen-bond donors (Lipinski definition) is 1. The molecule has 0 radical (unpaired) electrons. The third kappa shape index (κ3) is 3.44. The highest BCUT2D eigenvalue weighted by Crippen LogP contribution is 2.39. The van der Waals surface area contributed by atoms with Gasteiger partial charge in [-0.2, -0.15) is 5.26 Å². The number of aryl methyl sites for hydroxylation is 1. The molecule has 4 rings (SSSR count). The van der Waals surface area contributed by atoms with Gasteiger partial charge in [-0.25, -0.2) is 0 Å². The van der Waals surface area contributed by atoms with Gasteiger partial charge in [0.1, 0.15) is 6.10 Å². The summed E-state index contributed by atoms with van der Waals surface area (Å²) in [4.78, 5) is 0. The third-order valence-electron chi connectivity index (χ3n) is 5.36. The van der Waals surface area contributed by atoms with Crippen LogP contribution in [0.25, 0.3) is 0 Å². The summed E-state index contributed by atoms with van der Waals surface area (Å²) in [6.07, 6.45) is 7.77. The van der Waals surface area contributed by atoms with E-state index in [1.54, 1.807) is 13.3 Å². The fraction of sp³-hybridized carbons (Fsp3) is 0.318. The topological polar surface area (TPSA) is 60.8 Å². The summed E-state index contributed by atoms with van der Waals surface area (Å²) >= 11 is 0. The summed E-state index contributed by atoms with van der Waals surface area (Å²) in [5, 5.41) is 12.4. The first-order chi connectivity index (χ1) is 13.7. The van der Waals surface area contributed by atoms with Crippen LogP contribution >= 0.6 is 0 Å². The zero-order valence-corrected chi connectivity index (χ0v) is 16.1. The first-order valence-electron chi connectivity index (χ1n) is 9.51. The largest absolute Gasteiger partial charge is 0.493 e. The van der Waals surface area contributed by atoms with Crippen LogP contribution in [0, 0.1) is 11.5 Å². The van der Waals surface area contributed by atoms with Crippen LogP contribution in [0.3, 0.4) is 0 Å². The molecule has 1 aliphatic carbocycles. The minimum atomic E-state index is 0.0513. The molecule has 0 saturated heterocycles. The first-order valence-corrected chi connectivity index (χ1v) is 9.51. The Balaban J connectivity index is 1.53. The quantitative estimate of drug-likeness (QED) is 0.773. The van der Waals surface area contributed by atoms with E-state index in [2.05, 4.69) is 54.9 Å². The van der Waals surface area contributed by atoms with E-state index >= 15 is 0 Å². The predicted molar refractivity (Wildman–Crippen MR) is 106 cm³/mol. The number of nitrogens with zero attached hydrogens (tertiary/aromatic N) is 3.